The van der Waals surface area contributed by atoms with Crippen LogP contribution in [0.1, 0.15) is 16.7 Å². The van der Waals surface area contributed by atoms with Gasteiger partial charge in [-0.1, -0.05) is 71.8 Å². The predicted molar refractivity (Wildman–Crippen MR) is 124 cm³/mol. The van der Waals surface area contributed by atoms with Crippen LogP contribution < -0.4 is 9.89 Å². The number of hydrogen-bond acceptors (Lipinski definition) is 0. The van der Waals surface area contributed by atoms with E-state index in [1.807, 2.05) is 24.3 Å². The quantitative estimate of drug-likeness (QED) is 0.238. The zero-order valence-electron chi connectivity index (χ0n) is 16.8. The number of anilines is 1. The van der Waals surface area contributed by atoms with Crippen molar-refractivity contribution in [2.24, 2.45) is 0 Å². The van der Waals surface area contributed by atoms with Gasteiger partial charge in [-0.15, -0.1) is 0 Å². The van der Waals surface area contributed by atoms with Gasteiger partial charge in [0.15, 0.2) is 0 Å². The zero-order valence-corrected chi connectivity index (χ0v) is 16.8. The van der Waals surface area contributed by atoms with E-state index in [1.54, 1.807) is 0 Å². The molecule has 0 atom stereocenters. The highest BCUT2D eigenvalue weighted by molar-refractivity contribution is 6.10. The Morgan fingerprint density at radius 3 is 1.48 bits per heavy atom. The molecular formula is C27H25N2+. The molecule has 0 amide bonds. The molecule has 142 valence electrons. The molecule has 0 saturated heterocycles. The molecule has 4 aromatic carbocycles. The lowest BCUT2D eigenvalue weighted by Gasteiger charge is -2.14. The summed E-state index contributed by atoms with van der Waals surface area (Å²) in [5.74, 6) is 1.02. The number of nitrogens with zero attached hydrogens (tertiary/aromatic N) is 1. The average Bonchev–Trinajstić information content (AvgIpc) is 2.77. The number of nitrogens with one attached hydrogen (secondary N) is 1. The molecule has 2 nitrogen and oxygen atoms in total. The second-order valence-electron chi connectivity index (χ2n) is 7.21. The highest BCUT2D eigenvalue weighted by Crippen LogP contribution is 2.24. The summed E-state index contributed by atoms with van der Waals surface area (Å²) in [6.07, 6.45) is 0. The van der Waals surface area contributed by atoms with E-state index in [2.05, 4.69) is 109 Å². The summed E-state index contributed by atoms with van der Waals surface area (Å²) in [7, 11) is 0. The molecule has 0 radical (unpaired) electrons. The molecule has 0 aromatic heterocycles. The van der Waals surface area contributed by atoms with Gasteiger partial charge >= 0.3 is 0 Å². The van der Waals surface area contributed by atoms with E-state index in [1.165, 1.54) is 11.1 Å². The topological polar surface area (TPSA) is 15.0 Å². The Morgan fingerprint density at radius 2 is 1.00 bits per heavy atom. The third-order valence-corrected chi connectivity index (χ3v) is 4.89. The number of benzene rings is 4. The van der Waals surface area contributed by atoms with Gasteiger partial charge in [0, 0.05) is 0 Å². The van der Waals surface area contributed by atoms with Gasteiger partial charge in [0.05, 0.1) is 5.56 Å². The number of rotatable bonds is 4. The molecule has 0 unspecified atom stereocenters. The summed E-state index contributed by atoms with van der Waals surface area (Å²) >= 11 is 0. The van der Waals surface area contributed by atoms with Crippen LogP contribution in [0.4, 0.5) is 17.1 Å². The van der Waals surface area contributed by atoms with Gasteiger partial charge in [-0.3, -0.25) is 0 Å². The van der Waals surface area contributed by atoms with Crippen LogP contribution in [0.2, 0.25) is 0 Å². The molecule has 4 aromatic rings. The highest BCUT2D eigenvalue weighted by Gasteiger charge is 2.21. The monoisotopic (exact) mass is 377 g/mol. The molecule has 29 heavy (non-hydrogen) atoms. The van der Waals surface area contributed by atoms with Crippen LogP contribution in [0, 0.1) is 13.8 Å². The fraction of sp³-hybridized carbons (Fsp3) is 0.0741. The Labute approximate surface area is 172 Å². The molecule has 0 aliphatic rings. The number of aryl methyl sites for hydroxylation is 2. The first-order valence-corrected chi connectivity index (χ1v) is 9.88. The van der Waals surface area contributed by atoms with E-state index in [0.29, 0.717) is 0 Å². The molecule has 0 aliphatic heterocycles. The third kappa shape index (κ3) is 4.44. The fourth-order valence-corrected chi connectivity index (χ4v) is 3.31. The van der Waals surface area contributed by atoms with Crippen molar-refractivity contribution < 1.29 is 0 Å². The van der Waals surface area contributed by atoms with Gasteiger partial charge in [-0.2, -0.15) is 4.58 Å². The summed E-state index contributed by atoms with van der Waals surface area (Å²) in [4.78, 5) is 0. The number of para-hydroxylation sites is 1. The Kier molecular flexibility index (Phi) is 5.53. The summed E-state index contributed by atoms with van der Waals surface area (Å²) in [5.41, 5.74) is 6.89. The van der Waals surface area contributed by atoms with Crippen molar-refractivity contribution in [3.63, 3.8) is 0 Å². The molecule has 0 fully saturated rings. The van der Waals surface area contributed by atoms with Crippen LogP contribution in [-0.4, -0.2) is 5.84 Å². The van der Waals surface area contributed by atoms with Crippen molar-refractivity contribution in [3.05, 3.63) is 126 Å². The first-order chi connectivity index (χ1) is 14.2. The summed E-state index contributed by atoms with van der Waals surface area (Å²) in [6.45, 7) is 4.23. The van der Waals surface area contributed by atoms with Crippen molar-refractivity contribution in [1.29, 1.82) is 0 Å². The van der Waals surface area contributed by atoms with E-state index in [9.17, 15) is 0 Å². The lowest BCUT2D eigenvalue weighted by molar-refractivity contribution is 1.07. The Balaban J connectivity index is 1.98. The van der Waals surface area contributed by atoms with Gasteiger partial charge in [0.2, 0.25) is 0 Å². The van der Waals surface area contributed by atoms with Crippen molar-refractivity contribution in [2.75, 3.05) is 5.32 Å². The predicted octanol–water partition coefficient (Wildman–Crippen LogP) is 6.70. The Morgan fingerprint density at radius 1 is 0.552 bits per heavy atom. The SMILES string of the molecule is Cc1ccc([N+](=C(Nc2ccccc2)c2ccccc2)c2ccc(C)cc2)cc1. The number of amidine groups is 1. The molecule has 4 rings (SSSR count). The lowest BCUT2D eigenvalue weighted by atomic mass is 10.1. The molecule has 0 saturated carbocycles. The second-order valence-corrected chi connectivity index (χ2v) is 7.21. The standard InChI is InChI=1S/C27H24N2/c1-21-13-17-25(18-14-21)29(26-19-15-22(2)16-20-26)27(23-9-5-3-6-10-23)28-24-11-7-4-8-12-24/h3-20H,1-2H3/p+1. The van der Waals surface area contributed by atoms with Crippen molar-refractivity contribution in [2.45, 2.75) is 13.8 Å². The zero-order chi connectivity index (χ0) is 20.1. The van der Waals surface area contributed by atoms with Gasteiger partial charge < -0.3 is 0 Å². The van der Waals surface area contributed by atoms with Gasteiger partial charge in [0.1, 0.15) is 17.1 Å². The Hall–Kier alpha value is -3.65. The van der Waals surface area contributed by atoms with E-state index in [0.717, 1.165) is 28.5 Å². The molecule has 0 heterocycles. The van der Waals surface area contributed by atoms with Gasteiger partial charge in [0.25, 0.3) is 5.84 Å². The van der Waals surface area contributed by atoms with Crippen LogP contribution >= 0.6 is 0 Å². The van der Waals surface area contributed by atoms with E-state index < -0.39 is 0 Å². The maximum absolute atomic E-state index is 3.66. The summed E-state index contributed by atoms with van der Waals surface area (Å²) in [5, 5.41) is 3.66. The molecule has 0 bridgehead atoms. The Bertz CT molecular complexity index is 1050. The molecule has 2 heteroatoms. The maximum atomic E-state index is 3.66. The molecule has 0 spiro atoms. The molecule has 0 aliphatic carbocycles. The minimum Gasteiger partial charge on any atom is -0.240 e. The summed E-state index contributed by atoms with van der Waals surface area (Å²) < 4.78 is 2.28. The summed E-state index contributed by atoms with van der Waals surface area (Å²) in [6, 6.07) is 38.1. The van der Waals surface area contributed by atoms with Crippen LogP contribution in [0.15, 0.2) is 109 Å². The lowest BCUT2D eigenvalue weighted by Crippen LogP contribution is -2.26. The van der Waals surface area contributed by atoms with Crippen molar-refractivity contribution >= 4 is 22.9 Å². The van der Waals surface area contributed by atoms with Gasteiger partial charge in [-0.25, -0.2) is 5.32 Å². The van der Waals surface area contributed by atoms with Crippen LogP contribution in [-0.2, 0) is 0 Å². The molecule has 1 N–H and O–H groups in total. The second kappa shape index (κ2) is 8.57. The third-order valence-electron chi connectivity index (χ3n) is 4.89. The first-order valence-electron chi connectivity index (χ1n) is 9.88. The largest absolute Gasteiger partial charge is 0.292 e. The van der Waals surface area contributed by atoms with Crippen molar-refractivity contribution in [1.82, 2.24) is 4.58 Å². The van der Waals surface area contributed by atoms with Crippen LogP contribution in [0.25, 0.3) is 0 Å². The van der Waals surface area contributed by atoms with E-state index in [-0.39, 0.29) is 0 Å². The van der Waals surface area contributed by atoms with E-state index in [4.69, 9.17) is 0 Å². The minimum absolute atomic E-state index is 1.02. The first kappa shape index (κ1) is 18.7. The minimum atomic E-state index is 1.02. The highest BCUT2D eigenvalue weighted by atomic mass is 15.1. The van der Waals surface area contributed by atoms with Crippen LogP contribution in [0.5, 0.6) is 0 Å². The van der Waals surface area contributed by atoms with Crippen molar-refractivity contribution in [3.8, 4) is 0 Å². The van der Waals surface area contributed by atoms with Crippen LogP contribution in [0.3, 0.4) is 0 Å². The normalized spacial score (nSPS) is 10.4. The smallest absolute Gasteiger partial charge is 0.240 e. The average molecular weight is 378 g/mol. The maximum Gasteiger partial charge on any atom is 0.292 e. The fourth-order valence-electron chi connectivity index (χ4n) is 3.31. The number of hydrogen-bond donors (Lipinski definition) is 1. The van der Waals surface area contributed by atoms with E-state index >= 15 is 0 Å². The van der Waals surface area contributed by atoms with Gasteiger partial charge in [-0.05, 0) is 62.4 Å². The molecular weight excluding hydrogens is 352 g/mol.